The van der Waals surface area contributed by atoms with Gasteiger partial charge in [0, 0.05) is 24.5 Å². The molecule has 1 saturated carbocycles. The molecule has 1 saturated heterocycles. The molecule has 2 aliphatic carbocycles. The number of carbonyl (C=O) groups is 2. The second-order valence-electron chi connectivity index (χ2n) is 11.5. The second kappa shape index (κ2) is 7.00. The molecule has 2 fully saturated rings. The number of aromatic nitrogens is 1. The summed E-state index contributed by atoms with van der Waals surface area (Å²) in [7, 11) is 0. The maximum absolute atomic E-state index is 11.9. The third-order valence-electron chi connectivity index (χ3n) is 8.27. The first-order valence-corrected chi connectivity index (χ1v) is 12.0. The van der Waals surface area contributed by atoms with E-state index in [0.717, 1.165) is 24.1 Å². The van der Waals surface area contributed by atoms with Gasteiger partial charge in [-0.05, 0) is 77.3 Å². The third-order valence-corrected chi connectivity index (χ3v) is 8.27. The van der Waals surface area contributed by atoms with Gasteiger partial charge in [-0.25, -0.2) is 0 Å². The highest BCUT2D eigenvalue weighted by Gasteiger charge is 2.49. The minimum Gasteiger partial charge on any atom is -0.278 e. The minimum absolute atomic E-state index is 0.00536. The Labute approximate surface area is 191 Å². The first-order valence-electron chi connectivity index (χ1n) is 12.0. The molecule has 0 bridgehead atoms. The van der Waals surface area contributed by atoms with Crippen LogP contribution < -0.4 is 0 Å². The van der Waals surface area contributed by atoms with E-state index in [1.807, 2.05) is 12.3 Å². The molecule has 0 N–H and O–H groups in total. The number of aryl methyl sites for hydroxylation is 1. The summed E-state index contributed by atoms with van der Waals surface area (Å²) in [6, 6.07) is 9.10. The number of benzene rings is 1. The molecule has 1 aromatic carbocycles. The van der Waals surface area contributed by atoms with Crippen LogP contribution in [-0.2, 0) is 32.4 Å². The quantitative estimate of drug-likeness (QED) is 0.605. The zero-order valence-corrected chi connectivity index (χ0v) is 20.0. The van der Waals surface area contributed by atoms with E-state index in [9.17, 15) is 9.59 Å². The van der Waals surface area contributed by atoms with Crippen molar-refractivity contribution in [3.05, 3.63) is 64.0 Å². The van der Waals surface area contributed by atoms with Crippen LogP contribution in [0.2, 0.25) is 0 Å². The number of fused-ring (bicyclic) bond motifs is 1. The minimum atomic E-state index is -0.0760. The highest BCUT2D eigenvalue weighted by atomic mass is 16.2. The normalized spacial score (nSPS) is 22.7. The van der Waals surface area contributed by atoms with Crippen LogP contribution in [0, 0.1) is 6.92 Å². The molecule has 4 nitrogen and oxygen atoms in total. The van der Waals surface area contributed by atoms with Crippen LogP contribution in [0.25, 0.3) is 0 Å². The molecular formula is C28H34N2O2. The molecule has 3 aliphatic rings. The predicted molar refractivity (Wildman–Crippen MR) is 126 cm³/mol. The SMILES string of the molecule is Cc1cc2c(cc1C1(c3ccc(CN4C(=O)CCC4=O)cn3)CC1)C(C)(C)CCC2(C)C. The number of imide groups is 1. The summed E-state index contributed by atoms with van der Waals surface area (Å²) in [4.78, 5) is 30.1. The van der Waals surface area contributed by atoms with Gasteiger partial charge < -0.3 is 0 Å². The maximum Gasteiger partial charge on any atom is 0.229 e. The van der Waals surface area contributed by atoms with E-state index in [1.165, 1.54) is 40.0 Å². The van der Waals surface area contributed by atoms with Crippen LogP contribution in [0.1, 0.15) is 99.7 Å². The van der Waals surface area contributed by atoms with Crippen molar-refractivity contribution in [2.24, 2.45) is 0 Å². The number of amides is 2. The summed E-state index contributed by atoms with van der Waals surface area (Å²) >= 11 is 0. The maximum atomic E-state index is 11.9. The van der Waals surface area contributed by atoms with Gasteiger partial charge in [-0.15, -0.1) is 0 Å². The Morgan fingerprint density at radius 1 is 0.844 bits per heavy atom. The van der Waals surface area contributed by atoms with Crippen LogP contribution in [-0.4, -0.2) is 21.7 Å². The van der Waals surface area contributed by atoms with Crippen LogP contribution >= 0.6 is 0 Å². The van der Waals surface area contributed by atoms with Crippen molar-refractivity contribution in [3.8, 4) is 0 Å². The second-order valence-corrected chi connectivity index (χ2v) is 11.5. The van der Waals surface area contributed by atoms with Crippen molar-refractivity contribution in [2.75, 3.05) is 0 Å². The molecule has 1 aliphatic heterocycles. The van der Waals surface area contributed by atoms with E-state index in [-0.39, 0.29) is 28.1 Å². The number of hydrogen-bond acceptors (Lipinski definition) is 3. The molecule has 5 rings (SSSR count). The largest absolute Gasteiger partial charge is 0.278 e. The summed E-state index contributed by atoms with van der Waals surface area (Å²) in [5, 5.41) is 0. The van der Waals surface area contributed by atoms with E-state index in [4.69, 9.17) is 4.98 Å². The van der Waals surface area contributed by atoms with Gasteiger partial charge in [0.2, 0.25) is 11.8 Å². The monoisotopic (exact) mass is 430 g/mol. The van der Waals surface area contributed by atoms with E-state index in [0.29, 0.717) is 19.4 Å². The fourth-order valence-corrected chi connectivity index (χ4v) is 5.81. The number of carbonyl (C=O) groups excluding carboxylic acids is 2. The number of pyridine rings is 1. The molecule has 32 heavy (non-hydrogen) atoms. The summed E-state index contributed by atoms with van der Waals surface area (Å²) in [5.41, 5.74) is 8.23. The molecular weight excluding hydrogens is 396 g/mol. The highest BCUT2D eigenvalue weighted by molar-refractivity contribution is 6.01. The van der Waals surface area contributed by atoms with Gasteiger partial charge in [0.05, 0.1) is 12.2 Å². The molecule has 2 aromatic rings. The van der Waals surface area contributed by atoms with E-state index in [2.05, 4.69) is 52.8 Å². The summed E-state index contributed by atoms with van der Waals surface area (Å²) in [6.07, 6.45) is 7.19. The molecule has 0 spiro atoms. The molecule has 168 valence electrons. The van der Waals surface area contributed by atoms with Gasteiger partial charge in [-0.1, -0.05) is 45.9 Å². The lowest BCUT2D eigenvalue weighted by molar-refractivity contribution is -0.139. The Morgan fingerprint density at radius 3 is 1.97 bits per heavy atom. The van der Waals surface area contributed by atoms with Crippen LogP contribution in [0.4, 0.5) is 0 Å². The standard InChI is InChI=1S/C28H34N2O2/c1-18-14-21-22(27(4,5)11-10-26(21,2)3)15-20(18)28(12-13-28)23-7-6-19(16-29-23)17-30-24(31)8-9-25(30)32/h6-7,14-16H,8-13,17H2,1-5H3. The van der Waals surface area contributed by atoms with Crippen molar-refractivity contribution in [2.45, 2.75) is 95.9 Å². The topological polar surface area (TPSA) is 50.3 Å². The first kappa shape index (κ1) is 21.4. The Bertz CT molecular complexity index is 1090. The lowest BCUT2D eigenvalue weighted by Crippen LogP contribution is -2.34. The highest BCUT2D eigenvalue weighted by Crippen LogP contribution is 2.56. The van der Waals surface area contributed by atoms with Crippen molar-refractivity contribution in [3.63, 3.8) is 0 Å². The Kier molecular flexibility index (Phi) is 4.67. The van der Waals surface area contributed by atoms with Gasteiger partial charge in [0.15, 0.2) is 0 Å². The van der Waals surface area contributed by atoms with Crippen molar-refractivity contribution in [1.82, 2.24) is 9.88 Å². The average Bonchev–Trinajstić information content (AvgIpc) is 3.49. The first-order chi connectivity index (χ1) is 15.0. The zero-order chi connectivity index (χ0) is 22.9. The van der Waals surface area contributed by atoms with E-state index in [1.54, 1.807) is 0 Å². The number of likely N-dealkylation sites (tertiary alicyclic amines) is 1. The zero-order valence-electron chi connectivity index (χ0n) is 20.0. The molecule has 2 amide bonds. The van der Waals surface area contributed by atoms with Crippen LogP contribution in [0.15, 0.2) is 30.5 Å². The van der Waals surface area contributed by atoms with Crippen LogP contribution in [0.3, 0.4) is 0 Å². The van der Waals surface area contributed by atoms with Crippen LogP contribution in [0.5, 0.6) is 0 Å². The predicted octanol–water partition coefficient (Wildman–Crippen LogP) is 5.47. The van der Waals surface area contributed by atoms with Gasteiger partial charge in [0.1, 0.15) is 0 Å². The average molecular weight is 431 g/mol. The van der Waals surface area contributed by atoms with Gasteiger partial charge in [-0.2, -0.15) is 0 Å². The molecule has 0 unspecified atom stereocenters. The summed E-state index contributed by atoms with van der Waals surface area (Å²) in [6.45, 7) is 12.1. The Balaban J connectivity index is 1.48. The fourth-order valence-electron chi connectivity index (χ4n) is 5.81. The Hall–Kier alpha value is -2.49. The van der Waals surface area contributed by atoms with E-state index < -0.39 is 0 Å². The lowest BCUT2D eigenvalue weighted by atomic mass is 9.62. The Morgan fingerprint density at radius 2 is 1.44 bits per heavy atom. The van der Waals surface area contributed by atoms with Crippen molar-refractivity contribution in [1.29, 1.82) is 0 Å². The summed E-state index contributed by atoms with van der Waals surface area (Å²) < 4.78 is 0. The molecule has 0 radical (unpaired) electrons. The lowest BCUT2D eigenvalue weighted by Gasteiger charge is -2.43. The smallest absolute Gasteiger partial charge is 0.229 e. The van der Waals surface area contributed by atoms with Crippen molar-refractivity contribution < 1.29 is 9.59 Å². The fraction of sp³-hybridized carbons (Fsp3) is 0.536. The van der Waals surface area contributed by atoms with Gasteiger partial charge in [-0.3, -0.25) is 19.5 Å². The van der Waals surface area contributed by atoms with Gasteiger partial charge in [0.25, 0.3) is 0 Å². The van der Waals surface area contributed by atoms with E-state index >= 15 is 0 Å². The number of hydrogen-bond donors (Lipinski definition) is 0. The number of rotatable bonds is 4. The summed E-state index contributed by atoms with van der Waals surface area (Å²) in [5.74, 6) is -0.152. The molecule has 2 heterocycles. The van der Waals surface area contributed by atoms with Gasteiger partial charge >= 0.3 is 0 Å². The molecule has 0 atom stereocenters. The third kappa shape index (κ3) is 3.30. The molecule has 1 aromatic heterocycles. The number of nitrogens with zero attached hydrogens (tertiary/aromatic N) is 2. The van der Waals surface area contributed by atoms with Crippen molar-refractivity contribution >= 4 is 11.8 Å². The molecule has 4 heteroatoms.